The molecule has 1 unspecified atom stereocenters. The number of unbranched alkanes of at least 4 members (excludes halogenated alkanes) is 1. The van der Waals surface area contributed by atoms with Crippen molar-refractivity contribution in [2.24, 2.45) is 5.92 Å². The molecule has 0 aliphatic heterocycles. The van der Waals surface area contributed by atoms with Gasteiger partial charge in [-0.3, -0.25) is 0 Å². The second-order valence-corrected chi connectivity index (χ2v) is 4.32. The van der Waals surface area contributed by atoms with E-state index in [1.165, 1.54) is 38.8 Å². The molecule has 0 fully saturated rings. The minimum absolute atomic E-state index is 0.787. The minimum atomic E-state index is 0.787. The smallest absolute Gasteiger partial charge is 0.00144 e. The van der Waals surface area contributed by atoms with Crippen LogP contribution in [0.2, 0.25) is 0 Å². The van der Waals surface area contributed by atoms with Crippen molar-refractivity contribution in [2.45, 2.75) is 39.5 Å². The SMILES string of the molecule is CCCCN(C)CC(CS)CCC. The first kappa shape index (κ1) is 13.3. The molecule has 1 atom stereocenters. The Morgan fingerprint density at radius 1 is 1.23 bits per heavy atom. The fourth-order valence-electron chi connectivity index (χ4n) is 1.61. The highest BCUT2D eigenvalue weighted by Crippen LogP contribution is 2.09. The summed E-state index contributed by atoms with van der Waals surface area (Å²) in [6.07, 6.45) is 5.22. The lowest BCUT2D eigenvalue weighted by molar-refractivity contribution is 0.276. The molecule has 13 heavy (non-hydrogen) atoms. The number of hydrogen-bond donors (Lipinski definition) is 1. The van der Waals surface area contributed by atoms with E-state index in [1.54, 1.807) is 0 Å². The molecule has 0 bridgehead atoms. The molecule has 0 rings (SSSR count). The standard InChI is InChI=1S/C11H25NS/c1-4-6-8-12(3)9-11(10-13)7-5-2/h11,13H,4-10H2,1-3H3. The van der Waals surface area contributed by atoms with E-state index in [9.17, 15) is 0 Å². The Hall–Kier alpha value is 0.310. The predicted molar refractivity (Wildman–Crippen MR) is 64.7 cm³/mol. The zero-order valence-corrected chi connectivity index (χ0v) is 10.3. The van der Waals surface area contributed by atoms with Crippen LogP contribution in [0.5, 0.6) is 0 Å². The maximum absolute atomic E-state index is 4.39. The zero-order chi connectivity index (χ0) is 10.1. The Labute approximate surface area is 89.3 Å². The van der Waals surface area contributed by atoms with Crippen LogP contribution in [0.25, 0.3) is 0 Å². The van der Waals surface area contributed by atoms with Crippen LogP contribution in [0.4, 0.5) is 0 Å². The fourth-order valence-corrected chi connectivity index (χ4v) is 1.91. The number of hydrogen-bond acceptors (Lipinski definition) is 2. The molecule has 0 aliphatic carbocycles. The van der Waals surface area contributed by atoms with Crippen LogP contribution in [0, 0.1) is 5.92 Å². The van der Waals surface area contributed by atoms with Gasteiger partial charge in [-0.2, -0.15) is 12.6 Å². The average molecular weight is 203 g/mol. The summed E-state index contributed by atoms with van der Waals surface area (Å²) in [7, 11) is 2.22. The largest absolute Gasteiger partial charge is 0.306 e. The summed E-state index contributed by atoms with van der Waals surface area (Å²) in [5.41, 5.74) is 0. The van der Waals surface area contributed by atoms with Gasteiger partial charge in [-0.05, 0) is 38.1 Å². The third-order valence-electron chi connectivity index (χ3n) is 2.42. The average Bonchev–Trinajstić information content (AvgIpc) is 2.14. The maximum atomic E-state index is 4.39. The van der Waals surface area contributed by atoms with Crippen molar-refractivity contribution < 1.29 is 0 Å². The highest BCUT2D eigenvalue weighted by molar-refractivity contribution is 7.80. The van der Waals surface area contributed by atoms with E-state index < -0.39 is 0 Å². The molecule has 2 heteroatoms. The van der Waals surface area contributed by atoms with Crippen LogP contribution in [0.15, 0.2) is 0 Å². The molecule has 0 N–H and O–H groups in total. The van der Waals surface area contributed by atoms with Gasteiger partial charge in [-0.15, -0.1) is 0 Å². The number of nitrogens with zero attached hydrogens (tertiary/aromatic N) is 1. The van der Waals surface area contributed by atoms with Gasteiger partial charge in [0, 0.05) is 6.54 Å². The third kappa shape index (κ3) is 7.39. The Balaban J connectivity index is 3.53. The maximum Gasteiger partial charge on any atom is 0.00144 e. The van der Waals surface area contributed by atoms with Crippen molar-refractivity contribution >= 4 is 12.6 Å². The predicted octanol–water partition coefficient (Wildman–Crippen LogP) is 3.06. The molecule has 0 aromatic carbocycles. The summed E-state index contributed by atoms with van der Waals surface area (Å²) in [5.74, 6) is 1.82. The van der Waals surface area contributed by atoms with Gasteiger partial charge in [0.25, 0.3) is 0 Å². The number of thiol groups is 1. The molecular weight excluding hydrogens is 178 g/mol. The lowest BCUT2D eigenvalue weighted by atomic mass is 10.1. The third-order valence-corrected chi connectivity index (χ3v) is 2.93. The second kappa shape index (κ2) is 8.89. The van der Waals surface area contributed by atoms with Crippen LogP contribution >= 0.6 is 12.6 Å². The minimum Gasteiger partial charge on any atom is -0.306 e. The van der Waals surface area contributed by atoms with Gasteiger partial charge in [0.05, 0.1) is 0 Å². The highest BCUT2D eigenvalue weighted by Gasteiger charge is 2.08. The van der Waals surface area contributed by atoms with Gasteiger partial charge in [0.15, 0.2) is 0 Å². The van der Waals surface area contributed by atoms with E-state index >= 15 is 0 Å². The Morgan fingerprint density at radius 3 is 2.38 bits per heavy atom. The summed E-state index contributed by atoms with van der Waals surface area (Å²) in [4.78, 5) is 2.44. The molecule has 0 aliphatic rings. The van der Waals surface area contributed by atoms with Gasteiger partial charge >= 0.3 is 0 Å². The van der Waals surface area contributed by atoms with E-state index in [4.69, 9.17) is 0 Å². The lowest BCUT2D eigenvalue weighted by Crippen LogP contribution is -2.27. The van der Waals surface area contributed by atoms with Gasteiger partial charge in [-0.25, -0.2) is 0 Å². The van der Waals surface area contributed by atoms with Crippen LogP contribution in [0.1, 0.15) is 39.5 Å². The monoisotopic (exact) mass is 203 g/mol. The van der Waals surface area contributed by atoms with Crippen LogP contribution in [-0.4, -0.2) is 30.8 Å². The number of rotatable bonds is 8. The Kier molecular flexibility index (Phi) is 9.10. The molecule has 80 valence electrons. The van der Waals surface area contributed by atoms with E-state index in [0.717, 1.165) is 11.7 Å². The molecule has 0 heterocycles. The van der Waals surface area contributed by atoms with Gasteiger partial charge < -0.3 is 4.90 Å². The van der Waals surface area contributed by atoms with Crippen LogP contribution < -0.4 is 0 Å². The van der Waals surface area contributed by atoms with Crippen molar-refractivity contribution in [3.05, 3.63) is 0 Å². The molecule has 0 saturated heterocycles. The Morgan fingerprint density at radius 2 is 1.92 bits per heavy atom. The first-order valence-electron chi connectivity index (χ1n) is 5.53. The topological polar surface area (TPSA) is 3.24 Å². The van der Waals surface area contributed by atoms with Crippen molar-refractivity contribution in [3.8, 4) is 0 Å². The lowest BCUT2D eigenvalue weighted by Gasteiger charge is -2.22. The molecule has 0 aromatic rings. The van der Waals surface area contributed by atoms with Crippen LogP contribution in [-0.2, 0) is 0 Å². The molecule has 0 spiro atoms. The van der Waals surface area contributed by atoms with Crippen molar-refractivity contribution in [3.63, 3.8) is 0 Å². The van der Waals surface area contributed by atoms with Crippen molar-refractivity contribution in [2.75, 3.05) is 25.9 Å². The summed E-state index contributed by atoms with van der Waals surface area (Å²) < 4.78 is 0. The molecule has 0 radical (unpaired) electrons. The summed E-state index contributed by atoms with van der Waals surface area (Å²) >= 11 is 4.39. The fraction of sp³-hybridized carbons (Fsp3) is 1.00. The molecule has 1 nitrogen and oxygen atoms in total. The Bertz CT molecular complexity index is 106. The molecule has 0 amide bonds. The van der Waals surface area contributed by atoms with Crippen molar-refractivity contribution in [1.82, 2.24) is 4.90 Å². The zero-order valence-electron chi connectivity index (χ0n) is 9.42. The van der Waals surface area contributed by atoms with E-state index in [1.807, 2.05) is 0 Å². The van der Waals surface area contributed by atoms with E-state index in [0.29, 0.717) is 0 Å². The summed E-state index contributed by atoms with van der Waals surface area (Å²) in [5, 5.41) is 0. The normalized spacial score (nSPS) is 13.6. The first-order chi connectivity index (χ1) is 6.24. The van der Waals surface area contributed by atoms with E-state index in [2.05, 4.69) is 38.4 Å². The van der Waals surface area contributed by atoms with Crippen molar-refractivity contribution in [1.29, 1.82) is 0 Å². The van der Waals surface area contributed by atoms with Gasteiger partial charge in [-0.1, -0.05) is 26.7 Å². The molecule has 0 saturated carbocycles. The van der Waals surface area contributed by atoms with E-state index in [-0.39, 0.29) is 0 Å². The van der Waals surface area contributed by atoms with Gasteiger partial charge in [0.2, 0.25) is 0 Å². The molecule has 0 aromatic heterocycles. The second-order valence-electron chi connectivity index (χ2n) is 3.95. The molecular formula is C11H25NS. The first-order valence-corrected chi connectivity index (χ1v) is 6.17. The summed E-state index contributed by atoms with van der Waals surface area (Å²) in [6, 6.07) is 0. The van der Waals surface area contributed by atoms with Gasteiger partial charge in [0.1, 0.15) is 0 Å². The highest BCUT2D eigenvalue weighted by atomic mass is 32.1. The van der Waals surface area contributed by atoms with Crippen LogP contribution in [0.3, 0.4) is 0 Å². The summed E-state index contributed by atoms with van der Waals surface area (Å²) in [6.45, 7) is 6.96. The quantitative estimate of drug-likeness (QED) is 0.593.